The number of benzene rings is 1. The number of halogens is 3. The van der Waals surface area contributed by atoms with Crippen molar-refractivity contribution in [2.24, 2.45) is 5.92 Å². The van der Waals surface area contributed by atoms with E-state index in [2.05, 4.69) is 6.92 Å². The van der Waals surface area contributed by atoms with Crippen molar-refractivity contribution in [1.82, 2.24) is 0 Å². The Morgan fingerprint density at radius 1 is 1.14 bits per heavy atom. The molecule has 1 fully saturated rings. The van der Waals surface area contributed by atoms with Crippen molar-refractivity contribution in [3.8, 4) is 0 Å². The highest BCUT2D eigenvalue weighted by atomic mass is 19.4. The summed E-state index contributed by atoms with van der Waals surface area (Å²) in [6, 6.07) is 5.18. The second kappa shape index (κ2) is 6.39. The molecule has 1 aliphatic carbocycles. The van der Waals surface area contributed by atoms with Crippen LogP contribution in [0.4, 0.5) is 13.2 Å². The SMILES string of the molecule is CCC1CCCC(O)(Cc2ccc(C(F)(F)F)cc2)CC1. The highest BCUT2D eigenvalue weighted by Gasteiger charge is 2.32. The zero-order valence-electron chi connectivity index (χ0n) is 12.4. The van der Waals surface area contributed by atoms with Gasteiger partial charge in [-0.1, -0.05) is 38.3 Å². The minimum absolute atomic E-state index is 0.446. The number of hydrogen-bond acceptors (Lipinski definition) is 1. The van der Waals surface area contributed by atoms with Crippen LogP contribution in [0, 0.1) is 5.92 Å². The van der Waals surface area contributed by atoms with Gasteiger partial charge in [-0.25, -0.2) is 0 Å². The van der Waals surface area contributed by atoms with Gasteiger partial charge in [-0.2, -0.15) is 13.2 Å². The molecule has 0 spiro atoms. The molecular weight excluding hydrogens is 277 g/mol. The summed E-state index contributed by atoms with van der Waals surface area (Å²) < 4.78 is 37.6. The molecule has 1 saturated carbocycles. The Kier molecular flexibility index (Phi) is 4.97. The van der Waals surface area contributed by atoms with Gasteiger partial charge in [0.2, 0.25) is 0 Å². The lowest BCUT2D eigenvalue weighted by atomic mass is 9.86. The van der Waals surface area contributed by atoms with Crippen molar-refractivity contribution < 1.29 is 18.3 Å². The van der Waals surface area contributed by atoms with E-state index in [0.717, 1.165) is 56.2 Å². The molecule has 118 valence electrons. The van der Waals surface area contributed by atoms with Crippen molar-refractivity contribution in [2.75, 3.05) is 0 Å². The van der Waals surface area contributed by atoms with Gasteiger partial charge in [-0.3, -0.25) is 0 Å². The average molecular weight is 300 g/mol. The Bertz CT molecular complexity index is 452. The average Bonchev–Trinajstić information content (AvgIpc) is 2.60. The van der Waals surface area contributed by atoms with Gasteiger partial charge in [-0.15, -0.1) is 0 Å². The summed E-state index contributed by atoms with van der Waals surface area (Å²) in [5.74, 6) is 0.673. The fourth-order valence-corrected chi connectivity index (χ4v) is 3.24. The maximum Gasteiger partial charge on any atom is 0.416 e. The van der Waals surface area contributed by atoms with Crippen molar-refractivity contribution in [1.29, 1.82) is 0 Å². The van der Waals surface area contributed by atoms with Gasteiger partial charge in [-0.05, 0) is 42.9 Å². The maximum absolute atomic E-state index is 12.5. The van der Waals surface area contributed by atoms with E-state index in [0.29, 0.717) is 12.3 Å². The van der Waals surface area contributed by atoms with Crippen LogP contribution in [0.5, 0.6) is 0 Å². The summed E-state index contributed by atoms with van der Waals surface area (Å²) in [7, 11) is 0. The van der Waals surface area contributed by atoms with E-state index in [1.807, 2.05) is 0 Å². The summed E-state index contributed by atoms with van der Waals surface area (Å²) in [5, 5.41) is 10.7. The molecule has 0 aromatic heterocycles. The fraction of sp³-hybridized carbons (Fsp3) is 0.647. The molecule has 0 bridgehead atoms. The second-order valence-corrected chi connectivity index (χ2v) is 6.30. The maximum atomic E-state index is 12.5. The van der Waals surface area contributed by atoms with Crippen molar-refractivity contribution in [3.63, 3.8) is 0 Å². The number of rotatable bonds is 3. The summed E-state index contributed by atoms with van der Waals surface area (Å²) in [4.78, 5) is 0. The van der Waals surface area contributed by atoms with Gasteiger partial charge in [0.25, 0.3) is 0 Å². The third-order valence-corrected chi connectivity index (χ3v) is 4.66. The first kappa shape index (κ1) is 16.3. The first-order valence-electron chi connectivity index (χ1n) is 7.71. The molecular formula is C17H23F3O. The van der Waals surface area contributed by atoms with Gasteiger partial charge in [0.1, 0.15) is 0 Å². The second-order valence-electron chi connectivity index (χ2n) is 6.30. The number of alkyl halides is 3. The van der Waals surface area contributed by atoms with E-state index >= 15 is 0 Å². The molecule has 2 rings (SSSR count). The zero-order chi connectivity index (χ0) is 15.5. The molecule has 1 aliphatic rings. The molecule has 21 heavy (non-hydrogen) atoms. The molecule has 1 nitrogen and oxygen atoms in total. The van der Waals surface area contributed by atoms with E-state index in [1.54, 1.807) is 0 Å². The Balaban J connectivity index is 2.03. The van der Waals surface area contributed by atoms with E-state index < -0.39 is 17.3 Å². The fourth-order valence-electron chi connectivity index (χ4n) is 3.24. The zero-order valence-corrected chi connectivity index (χ0v) is 12.4. The normalized spacial score (nSPS) is 27.4. The van der Waals surface area contributed by atoms with Gasteiger partial charge < -0.3 is 5.11 Å². The lowest BCUT2D eigenvalue weighted by Gasteiger charge is -2.27. The van der Waals surface area contributed by atoms with E-state index in [1.165, 1.54) is 12.1 Å². The summed E-state index contributed by atoms with van der Waals surface area (Å²) >= 11 is 0. The van der Waals surface area contributed by atoms with Crippen molar-refractivity contribution >= 4 is 0 Å². The van der Waals surface area contributed by atoms with Crippen LogP contribution in [0.2, 0.25) is 0 Å². The third kappa shape index (κ3) is 4.47. The minimum Gasteiger partial charge on any atom is -0.390 e. The quantitative estimate of drug-likeness (QED) is 0.781. The first-order chi connectivity index (χ1) is 9.82. The summed E-state index contributed by atoms with van der Waals surface area (Å²) in [6.07, 6.45) is 1.91. The van der Waals surface area contributed by atoms with Crippen LogP contribution in [0.15, 0.2) is 24.3 Å². The highest BCUT2D eigenvalue weighted by Crippen LogP contribution is 2.35. The first-order valence-corrected chi connectivity index (χ1v) is 7.71. The van der Waals surface area contributed by atoms with Crippen LogP contribution in [-0.4, -0.2) is 10.7 Å². The molecule has 0 aliphatic heterocycles. The Morgan fingerprint density at radius 2 is 1.81 bits per heavy atom. The lowest BCUT2D eigenvalue weighted by molar-refractivity contribution is -0.137. The van der Waals surface area contributed by atoms with Crippen molar-refractivity contribution in [3.05, 3.63) is 35.4 Å². The van der Waals surface area contributed by atoms with Crippen LogP contribution in [0.3, 0.4) is 0 Å². The van der Waals surface area contributed by atoms with Crippen LogP contribution in [-0.2, 0) is 12.6 Å². The van der Waals surface area contributed by atoms with Crippen LogP contribution < -0.4 is 0 Å². The van der Waals surface area contributed by atoms with Gasteiger partial charge >= 0.3 is 6.18 Å². The third-order valence-electron chi connectivity index (χ3n) is 4.66. The standard InChI is InChI=1S/C17H23F3O/c1-2-13-4-3-10-16(21,11-9-13)12-14-5-7-15(8-6-14)17(18,19)20/h5-8,13,21H,2-4,9-12H2,1H3. The minimum atomic E-state index is -4.30. The van der Waals surface area contributed by atoms with Crippen LogP contribution in [0.25, 0.3) is 0 Å². The highest BCUT2D eigenvalue weighted by molar-refractivity contribution is 5.25. The predicted octanol–water partition coefficient (Wildman–Crippen LogP) is 4.97. The summed E-state index contributed by atoms with van der Waals surface area (Å²) in [5.41, 5.74) is -0.616. The largest absolute Gasteiger partial charge is 0.416 e. The molecule has 1 N–H and O–H groups in total. The van der Waals surface area contributed by atoms with Gasteiger partial charge in [0, 0.05) is 6.42 Å². The molecule has 1 aromatic rings. The smallest absolute Gasteiger partial charge is 0.390 e. The Labute approximate surface area is 124 Å². The summed E-state index contributed by atoms with van der Waals surface area (Å²) in [6.45, 7) is 2.17. The van der Waals surface area contributed by atoms with Crippen LogP contribution >= 0.6 is 0 Å². The lowest BCUT2D eigenvalue weighted by Crippen LogP contribution is -2.30. The molecule has 2 atom stereocenters. The molecule has 0 radical (unpaired) electrons. The van der Waals surface area contributed by atoms with E-state index in [4.69, 9.17) is 0 Å². The molecule has 0 heterocycles. The van der Waals surface area contributed by atoms with Gasteiger partial charge in [0.15, 0.2) is 0 Å². The topological polar surface area (TPSA) is 20.2 Å². The Morgan fingerprint density at radius 3 is 2.38 bits per heavy atom. The Hall–Kier alpha value is -1.03. The van der Waals surface area contributed by atoms with E-state index in [9.17, 15) is 18.3 Å². The van der Waals surface area contributed by atoms with Gasteiger partial charge in [0.05, 0.1) is 11.2 Å². The molecule has 4 heteroatoms. The number of hydrogen-bond donors (Lipinski definition) is 1. The molecule has 1 aromatic carbocycles. The van der Waals surface area contributed by atoms with Crippen molar-refractivity contribution in [2.45, 2.75) is 63.6 Å². The number of aliphatic hydroxyl groups is 1. The molecule has 2 unspecified atom stereocenters. The molecule has 0 amide bonds. The van der Waals surface area contributed by atoms with Crippen LogP contribution in [0.1, 0.15) is 56.6 Å². The molecule has 0 saturated heterocycles. The predicted molar refractivity (Wildman–Crippen MR) is 77.0 cm³/mol. The van der Waals surface area contributed by atoms with E-state index in [-0.39, 0.29) is 0 Å². The monoisotopic (exact) mass is 300 g/mol.